The molecule has 142 valence electrons. The summed E-state index contributed by atoms with van der Waals surface area (Å²) in [5, 5.41) is 1.86. The maximum atomic E-state index is 12.4. The van der Waals surface area contributed by atoms with Crippen molar-refractivity contribution in [2.24, 2.45) is 0 Å². The van der Waals surface area contributed by atoms with Crippen molar-refractivity contribution in [3.05, 3.63) is 69.7 Å². The van der Waals surface area contributed by atoms with Gasteiger partial charge in [-0.25, -0.2) is 9.97 Å². The van der Waals surface area contributed by atoms with Crippen LogP contribution in [0.25, 0.3) is 21.1 Å². The normalized spacial score (nSPS) is 19.2. The van der Waals surface area contributed by atoms with Gasteiger partial charge in [-0.15, -0.1) is 11.3 Å². The summed E-state index contributed by atoms with van der Waals surface area (Å²) >= 11 is 1.81. The Hall–Kier alpha value is -2.57. The maximum Gasteiger partial charge on any atom is 0.258 e. The van der Waals surface area contributed by atoms with Gasteiger partial charge < -0.3 is 4.98 Å². The van der Waals surface area contributed by atoms with E-state index in [0.29, 0.717) is 11.3 Å². The van der Waals surface area contributed by atoms with Crippen LogP contribution < -0.4 is 5.56 Å². The van der Waals surface area contributed by atoms with E-state index in [9.17, 15) is 4.79 Å². The third-order valence-corrected chi connectivity index (χ3v) is 6.89. The largest absolute Gasteiger partial charge is 0.309 e. The smallest absolute Gasteiger partial charge is 0.258 e. The molecule has 1 N–H and O–H groups in total. The zero-order chi connectivity index (χ0) is 19.1. The number of likely N-dealkylation sites (tertiary alicyclic amines) is 1. The van der Waals surface area contributed by atoms with E-state index >= 15 is 0 Å². The molecule has 5 rings (SSSR count). The Morgan fingerprint density at radius 2 is 1.89 bits per heavy atom. The Kier molecular flexibility index (Phi) is 4.45. The van der Waals surface area contributed by atoms with Gasteiger partial charge in [0.1, 0.15) is 5.82 Å². The standard InChI is InChI=1S/C22H22N4OS/c1-14(20-23-17-9-3-2-8-16(17)21(27)25-20)26-12-6-7-15(13-26)22-24-18-10-4-5-11-19(18)28-22/h2-5,8-11,14-15H,6-7,12-13H2,1H3,(H,23,25,27)/t14-,15-/m1/s1. The van der Waals surface area contributed by atoms with E-state index in [-0.39, 0.29) is 11.6 Å². The van der Waals surface area contributed by atoms with Gasteiger partial charge in [0, 0.05) is 12.5 Å². The summed E-state index contributed by atoms with van der Waals surface area (Å²) in [6.07, 6.45) is 2.29. The van der Waals surface area contributed by atoms with Crippen LogP contribution in [0.5, 0.6) is 0 Å². The molecule has 2 aromatic carbocycles. The number of aromatic amines is 1. The molecule has 4 aromatic rings. The Labute approximate surface area is 167 Å². The number of rotatable bonds is 3. The molecular formula is C22H22N4OS. The molecule has 0 spiro atoms. The fourth-order valence-corrected chi connectivity index (χ4v) is 5.19. The highest BCUT2D eigenvalue weighted by Crippen LogP contribution is 2.35. The number of aromatic nitrogens is 3. The van der Waals surface area contributed by atoms with Crippen LogP contribution in [0.15, 0.2) is 53.3 Å². The molecule has 0 amide bonds. The summed E-state index contributed by atoms with van der Waals surface area (Å²) in [6, 6.07) is 15.9. The first kappa shape index (κ1) is 17.5. The number of piperidine rings is 1. The highest BCUT2D eigenvalue weighted by Gasteiger charge is 2.28. The molecule has 28 heavy (non-hydrogen) atoms. The SMILES string of the molecule is C[C@H](c1nc2ccccc2c(=O)[nH]1)N1CCC[C@@H](c2nc3ccccc3s2)C1. The van der Waals surface area contributed by atoms with Gasteiger partial charge in [-0.1, -0.05) is 24.3 Å². The predicted molar refractivity (Wildman–Crippen MR) is 114 cm³/mol. The van der Waals surface area contributed by atoms with E-state index in [1.807, 2.05) is 30.3 Å². The van der Waals surface area contributed by atoms with Crippen LogP contribution >= 0.6 is 11.3 Å². The molecule has 0 unspecified atom stereocenters. The number of H-pyrrole nitrogens is 1. The minimum atomic E-state index is -0.0628. The van der Waals surface area contributed by atoms with Crippen LogP contribution in [-0.2, 0) is 0 Å². The highest BCUT2D eigenvalue weighted by atomic mass is 32.1. The Balaban J connectivity index is 1.42. The molecule has 0 saturated carbocycles. The van der Waals surface area contributed by atoms with Gasteiger partial charge in [0.05, 0.1) is 32.2 Å². The van der Waals surface area contributed by atoms with Gasteiger partial charge in [-0.3, -0.25) is 9.69 Å². The summed E-state index contributed by atoms with van der Waals surface area (Å²) in [5.41, 5.74) is 1.79. The van der Waals surface area contributed by atoms with Crippen LogP contribution in [0.1, 0.15) is 42.6 Å². The van der Waals surface area contributed by atoms with Crippen LogP contribution in [0, 0.1) is 0 Å². The van der Waals surface area contributed by atoms with Crippen LogP contribution in [0.3, 0.4) is 0 Å². The van der Waals surface area contributed by atoms with Crippen molar-refractivity contribution in [1.29, 1.82) is 0 Å². The number of para-hydroxylation sites is 2. The van der Waals surface area contributed by atoms with Gasteiger partial charge in [-0.2, -0.15) is 0 Å². The number of nitrogens with zero attached hydrogens (tertiary/aromatic N) is 3. The van der Waals surface area contributed by atoms with E-state index in [1.54, 1.807) is 11.3 Å². The lowest BCUT2D eigenvalue weighted by molar-refractivity contribution is 0.153. The lowest BCUT2D eigenvalue weighted by atomic mass is 9.97. The maximum absolute atomic E-state index is 12.4. The second-order valence-corrected chi connectivity index (χ2v) is 8.56. The first-order chi connectivity index (χ1) is 13.7. The predicted octanol–water partition coefficient (Wildman–Crippen LogP) is 4.47. The van der Waals surface area contributed by atoms with E-state index in [1.165, 1.54) is 9.71 Å². The lowest BCUT2D eigenvalue weighted by Crippen LogP contribution is -2.37. The third-order valence-electron chi connectivity index (χ3n) is 5.69. The molecule has 0 radical (unpaired) electrons. The molecule has 2 aromatic heterocycles. The van der Waals surface area contributed by atoms with Gasteiger partial charge >= 0.3 is 0 Å². The van der Waals surface area contributed by atoms with Crippen molar-refractivity contribution in [3.8, 4) is 0 Å². The molecule has 5 nitrogen and oxygen atoms in total. The molecule has 1 aliphatic rings. The molecule has 1 aliphatic heterocycles. The summed E-state index contributed by atoms with van der Waals surface area (Å²) in [7, 11) is 0. The fraction of sp³-hybridized carbons (Fsp3) is 0.318. The van der Waals surface area contributed by atoms with Crippen molar-refractivity contribution < 1.29 is 0 Å². The van der Waals surface area contributed by atoms with Gasteiger partial charge in [0.25, 0.3) is 5.56 Å². The zero-order valence-electron chi connectivity index (χ0n) is 15.8. The Morgan fingerprint density at radius 1 is 1.11 bits per heavy atom. The van der Waals surface area contributed by atoms with E-state index in [4.69, 9.17) is 9.97 Å². The average molecular weight is 391 g/mol. The van der Waals surface area contributed by atoms with E-state index in [0.717, 1.165) is 42.8 Å². The fourth-order valence-electron chi connectivity index (χ4n) is 4.10. The molecule has 0 aliphatic carbocycles. The van der Waals surface area contributed by atoms with Crippen molar-refractivity contribution in [2.75, 3.05) is 13.1 Å². The minimum Gasteiger partial charge on any atom is -0.309 e. The quantitative estimate of drug-likeness (QED) is 0.560. The summed E-state index contributed by atoms with van der Waals surface area (Å²) in [4.78, 5) is 27.5. The van der Waals surface area contributed by atoms with Crippen molar-refractivity contribution in [2.45, 2.75) is 31.7 Å². The van der Waals surface area contributed by atoms with E-state index < -0.39 is 0 Å². The topological polar surface area (TPSA) is 61.9 Å². The molecule has 6 heteroatoms. The number of benzene rings is 2. The molecule has 1 fully saturated rings. The number of hydrogen-bond donors (Lipinski definition) is 1. The van der Waals surface area contributed by atoms with Gasteiger partial charge in [-0.05, 0) is 50.6 Å². The number of hydrogen-bond acceptors (Lipinski definition) is 5. The Bertz CT molecular complexity index is 1160. The molecular weight excluding hydrogens is 368 g/mol. The molecule has 0 bridgehead atoms. The Morgan fingerprint density at radius 3 is 2.75 bits per heavy atom. The minimum absolute atomic E-state index is 0.0628. The lowest BCUT2D eigenvalue weighted by Gasteiger charge is -2.35. The molecule has 3 heterocycles. The highest BCUT2D eigenvalue weighted by molar-refractivity contribution is 7.18. The van der Waals surface area contributed by atoms with Crippen LogP contribution in [0.2, 0.25) is 0 Å². The van der Waals surface area contributed by atoms with E-state index in [2.05, 4.69) is 35.0 Å². The van der Waals surface area contributed by atoms with Crippen LogP contribution in [0.4, 0.5) is 0 Å². The number of thiazole rings is 1. The third kappa shape index (κ3) is 3.12. The first-order valence-electron chi connectivity index (χ1n) is 9.77. The second-order valence-electron chi connectivity index (χ2n) is 7.50. The number of fused-ring (bicyclic) bond motifs is 2. The van der Waals surface area contributed by atoms with Crippen molar-refractivity contribution in [3.63, 3.8) is 0 Å². The zero-order valence-corrected chi connectivity index (χ0v) is 16.6. The summed E-state index contributed by atoms with van der Waals surface area (Å²) < 4.78 is 1.25. The van der Waals surface area contributed by atoms with Crippen molar-refractivity contribution >= 4 is 32.5 Å². The monoisotopic (exact) mass is 390 g/mol. The van der Waals surface area contributed by atoms with Crippen molar-refractivity contribution in [1.82, 2.24) is 19.9 Å². The number of nitrogens with one attached hydrogen (secondary N) is 1. The summed E-state index contributed by atoms with van der Waals surface area (Å²) in [6.45, 7) is 4.09. The average Bonchev–Trinajstić information content (AvgIpc) is 3.18. The first-order valence-corrected chi connectivity index (χ1v) is 10.6. The second kappa shape index (κ2) is 7.11. The molecule has 1 saturated heterocycles. The van der Waals surface area contributed by atoms with Gasteiger partial charge in [0.15, 0.2) is 0 Å². The van der Waals surface area contributed by atoms with Crippen LogP contribution in [-0.4, -0.2) is 32.9 Å². The van der Waals surface area contributed by atoms with Gasteiger partial charge in [0.2, 0.25) is 0 Å². The molecule has 2 atom stereocenters. The summed E-state index contributed by atoms with van der Waals surface area (Å²) in [5.74, 6) is 1.18.